The zero-order valence-corrected chi connectivity index (χ0v) is 13.4. The van der Waals surface area contributed by atoms with Gasteiger partial charge in [-0.2, -0.15) is 0 Å². The number of pyridine rings is 1. The summed E-state index contributed by atoms with van der Waals surface area (Å²) in [5.74, 6) is 1.12. The van der Waals surface area contributed by atoms with E-state index in [0.29, 0.717) is 6.42 Å². The van der Waals surface area contributed by atoms with Gasteiger partial charge in [0.2, 0.25) is 5.91 Å². The van der Waals surface area contributed by atoms with Gasteiger partial charge in [-0.1, -0.05) is 6.92 Å². The molecule has 2 aromatic rings. The number of anilines is 2. The van der Waals surface area contributed by atoms with Crippen molar-refractivity contribution < 1.29 is 4.79 Å². The van der Waals surface area contributed by atoms with Gasteiger partial charge >= 0.3 is 0 Å². The van der Waals surface area contributed by atoms with Crippen LogP contribution in [0.4, 0.5) is 11.5 Å². The SMILES string of the molecule is CCC(=O)Nc1ccc2nc(N3CCCCC3)cc(C)c2c1. The van der Waals surface area contributed by atoms with Crippen LogP contribution >= 0.6 is 0 Å². The number of benzene rings is 1. The number of aromatic nitrogens is 1. The highest BCUT2D eigenvalue weighted by Crippen LogP contribution is 2.26. The average molecular weight is 297 g/mol. The number of amides is 1. The smallest absolute Gasteiger partial charge is 0.224 e. The molecule has 0 radical (unpaired) electrons. The fraction of sp³-hybridized carbons (Fsp3) is 0.444. The van der Waals surface area contributed by atoms with Crippen LogP contribution in [0, 0.1) is 6.92 Å². The standard InChI is InChI=1S/C18H23N3O/c1-3-18(22)19-14-7-8-16-15(12-14)13(2)11-17(20-16)21-9-5-4-6-10-21/h7-8,11-12H,3-6,9-10H2,1-2H3,(H,19,22). The summed E-state index contributed by atoms with van der Waals surface area (Å²) in [6.07, 6.45) is 4.31. The van der Waals surface area contributed by atoms with E-state index in [1.165, 1.54) is 24.8 Å². The molecule has 1 fully saturated rings. The van der Waals surface area contributed by atoms with Gasteiger partial charge in [-0.3, -0.25) is 4.79 Å². The summed E-state index contributed by atoms with van der Waals surface area (Å²) >= 11 is 0. The van der Waals surface area contributed by atoms with Gasteiger partial charge in [0, 0.05) is 30.6 Å². The van der Waals surface area contributed by atoms with Crippen LogP contribution < -0.4 is 10.2 Å². The molecule has 1 aromatic heterocycles. The van der Waals surface area contributed by atoms with Gasteiger partial charge in [-0.25, -0.2) is 4.98 Å². The predicted octanol–water partition coefficient (Wildman–Crippen LogP) is 3.88. The zero-order valence-electron chi connectivity index (χ0n) is 13.4. The third-order valence-corrected chi connectivity index (χ3v) is 4.29. The molecule has 4 nitrogen and oxygen atoms in total. The Labute approximate surface area is 131 Å². The van der Waals surface area contributed by atoms with E-state index in [9.17, 15) is 4.79 Å². The summed E-state index contributed by atoms with van der Waals surface area (Å²) in [6, 6.07) is 8.12. The number of hydrogen-bond donors (Lipinski definition) is 1. The minimum Gasteiger partial charge on any atom is -0.357 e. The van der Waals surface area contributed by atoms with Crippen molar-refractivity contribution in [1.82, 2.24) is 4.98 Å². The highest BCUT2D eigenvalue weighted by molar-refractivity contribution is 5.94. The second-order valence-electron chi connectivity index (χ2n) is 5.98. The van der Waals surface area contributed by atoms with E-state index in [2.05, 4.69) is 23.2 Å². The van der Waals surface area contributed by atoms with Crippen molar-refractivity contribution >= 4 is 28.3 Å². The largest absolute Gasteiger partial charge is 0.357 e. The molecular weight excluding hydrogens is 274 g/mol. The van der Waals surface area contributed by atoms with Crippen LogP contribution in [-0.4, -0.2) is 24.0 Å². The minimum absolute atomic E-state index is 0.0369. The first-order chi connectivity index (χ1) is 10.7. The summed E-state index contributed by atoms with van der Waals surface area (Å²) in [7, 11) is 0. The molecule has 0 saturated carbocycles. The van der Waals surface area contributed by atoms with Crippen molar-refractivity contribution in [2.75, 3.05) is 23.3 Å². The number of piperidine rings is 1. The van der Waals surface area contributed by atoms with Crippen molar-refractivity contribution in [2.24, 2.45) is 0 Å². The molecule has 1 amide bonds. The quantitative estimate of drug-likeness (QED) is 0.935. The van der Waals surface area contributed by atoms with Crippen LogP contribution in [0.25, 0.3) is 10.9 Å². The van der Waals surface area contributed by atoms with Crippen LogP contribution in [0.1, 0.15) is 38.2 Å². The molecule has 1 aliphatic heterocycles. The number of nitrogens with one attached hydrogen (secondary N) is 1. The van der Waals surface area contributed by atoms with Crippen LogP contribution in [0.2, 0.25) is 0 Å². The second kappa shape index (κ2) is 6.34. The van der Waals surface area contributed by atoms with Gasteiger partial charge < -0.3 is 10.2 Å². The third kappa shape index (κ3) is 3.06. The van der Waals surface area contributed by atoms with E-state index < -0.39 is 0 Å². The Balaban J connectivity index is 1.93. The lowest BCUT2D eigenvalue weighted by molar-refractivity contribution is -0.115. The molecular formula is C18H23N3O. The highest BCUT2D eigenvalue weighted by Gasteiger charge is 2.14. The Kier molecular flexibility index (Phi) is 4.27. The van der Waals surface area contributed by atoms with E-state index in [1.807, 2.05) is 25.1 Å². The van der Waals surface area contributed by atoms with Crippen molar-refractivity contribution in [3.8, 4) is 0 Å². The van der Waals surface area contributed by atoms with Gasteiger partial charge in [0.1, 0.15) is 5.82 Å². The lowest BCUT2D eigenvalue weighted by Crippen LogP contribution is -2.30. The normalized spacial score (nSPS) is 15.1. The van der Waals surface area contributed by atoms with Crippen molar-refractivity contribution in [1.29, 1.82) is 0 Å². The second-order valence-corrected chi connectivity index (χ2v) is 5.98. The lowest BCUT2D eigenvalue weighted by Gasteiger charge is -2.28. The fourth-order valence-corrected chi connectivity index (χ4v) is 2.99. The molecule has 116 valence electrons. The monoisotopic (exact) mass is 297 g/mol. The summed E-state index contributed by atoms with van der Waals surface area (Å²) in [5, 5.41) is 4.02. The third-order valence-electron chi connectivity index (χ3n) is 4.29. The molecule has 22 heavy (non-hydrogen) atoms. The molecule has 0 spiro atoms. The molecule has 2 heterocycles. The van der Waals surface area contributed by atoms with E-state index in [-0.39, 0.29) is 5.91 Å². The number of nitrogens with zero attached hydrogens (tertiary/aromatic N) is 2. The summed E-state index contributed by atoms with van der Waals surface area (Å²) in [4.78, 5) is 18.7. The maximum atomic E-state index is 11.5. The Morgan fingerprint density at radius 3 is 2.73 bits per heavy atom. The number of rotatable bonds is 3. The molecule has 0 unspecified atom stereocenters. The van der Waals surface area contributed by atoms with Crippen LogP contribution in [0.15, 0.2) is 24.3 Å². The Morgan fingerprint density at radius 1 is 1.23 bits per heavy atom. The molecule has 0 atom stereocenters. The first-order valence-corrected chi connectivity index (χ1v) is 8.13. The molecule has 0 aliphatic carbocycles. The number of fused-ring (bicyclic) bond motifs is 1. The van der Waals surface area contributed by atoms with Crippen LogP contribution in [0.5, 0.6) is 0 Å². The number of carbonyl (C=O) groups excluding carboxylic acids is 1. The van der Waals surface area contributed by atoms with Gasteiger partial charge in [0.05, 0.1) is 5.52 Å². The van der Waals surface area contributed by atoms with E-state index in [1.54, 1.807) is 0 Å². The van der Waals surface area contributed by atoms with E-state index >= 15 is 0 Å². The Bertz CT molecular complexity index is 690. The van der Waals surface area contributed by atoms with E-state index in [0.717, 1.165) is 35.5 Å². The minimum atomic E-state index is 0.0369. The summed E-state index contributed by atoms with van der Waals surface area (Å²) < 4.78 is 0. The van der Waals surface area contributed by atoms with Crippen molar-refractivity contribution in [2.45, 2.75) is 39.5 Å². The van der Waals surface area contributed by atoms with Crippen LogP contribution in [0.3, 0.4) is 0 Å². The molecule has 0 bridgehead atoms. The van der Waals surface area contributed by atoms with Crippen LogP contribution in [-0.2, 0) is 4.79 Å². The molecule has 1 aromatic carbocycles. The molecule has 1 aliphatic rings. The highest BCUT2D eigenvalue weighted by atomic mass is 16.1. The van der Waals surface area contributed by atoms with Gasteiger partial charge in [-0.05, 0) is 56.0 Å². The molecule has 1 saturated heterocycles. The van der Waals surface area contributed by atoms with Crippen molar-refractivity contribution in [3.05, 3.63) is 29.8 Å². The average Bonchev–Trinajstić information content (AvgIpc) is 2.56. The topological polar surface area (TPSA) is 45.2 Å². The Hall–Kier alpha value is -2.10. The van der Waals surface area contributed by atoms with Gasteiger partial charge in [0.25, 0.3) is 0 Å². The zero-order chi connectivity index (χ0) is 15.5. The number of hydrogen-bond acceptors (Lipinski definition) is 3. The fourth-order valence-electron chi connectivity index (χ4n) is 2.99. The first-order valence-electron chi connectivity index (χ1n) is 8.13. The maximum Gasteiger partial charge on any atom is 0.224 e. The molecule has 4 heteroatoms. The maximum absolute atomic E-state index is 11.5. The van der Waals surface area contributed by atoms with Gasteiger partial charge in [-0.15, -0.1) is 0 Å². The summed E-state index contributed by atoms with van der Waals surface area (Å²) in [5.41, 5.74) is 3.04. The molecule has 3 rings (SSSR count). The van der Waals surface area contributed by atoms with E-state index in [4.69, 9.17) is 4.98 Å². The predicted molar refractivity (Wildman–Crippen MR) is 91.5 cm³/mol. The van der Waals surface area contributed by atoms with Crippen molar-refractivity contribution in [3.63, 3.8) is 0 Å². The number of aryl methyl sites for hydroxylation is 1. The molecule has 1 N–H and O–H groups in total. The Morgan fingerprint density at radius 2 is 2.00 bits per heavy atom. The first kappa shape index (κ1) is 14.8. The van der Waals surface area contributed by atoms with Gasteiger partial charge in [0.15, 0.2) is 0 Å². The summed E-state index contributed by atoms with van der Waals surface area (Å²) in [6.45, 7) is 6.17. The number of carbonyl (C=O) groups is 1. The lowest BCUT2D eigenvalue weighted by atomic mass is 10.1.